The molecule has 2 rings (SSSR count). The van der Waals surface area contributed by atoms with Crippen molar-refractivity contribution in [2.45, 2.75) is 58.3 Å². The molecule has 4 nitrogen and oxygen atoms in total. The molecule has 1 unspecified atom stereocenters. The van der Waals surface area contributed by atoms with Crippen LogP contribution >= 0.6 is 0 Å². The summed E-state index contributed by atoms with van der Waals surface area (Å²) in [6, 6.07) is 0. The standard InChI is InChI=1S/C15H25NO3/c1-15(14(18)19)9-4-10-16(11-15)13(17)8-7-12-5-2-3-6-12/h12H,2-11H2,1H3,(H,18,19). The molecular weight excluding hydrogens is 242 g/mol. The Balaban J connectivity index is 1.83. The molecule has 4 heteroatoms. The Morgan fingerprint density at radius 3 is 2.58 bits per heavy atom. The maximum absolute atomic E-state index is 12.2. The van der Waals surface area contributed by atoms with E-state index in [2.05, 4.69) is 0 Å². The molecule has 0 spiro atoms. The Labute approximate surface area is 115 Å². The average Bonchev–Trinajstić information content (AvgIpc) is 2.89. The average molecular weight is 267 g/mol. The topological polar surface area (TPSA) is 57.6 Å². The lowest BCUT2D eigenvalue weighted by Crippen LogP contribution is -2.48. The molecule has 1 aliphatic carbocycles. The van der Waals surface area contributed by atoms with Gasteiger partial charge in [-0.2, -0.15) is 0 Å². The van der Waals surface area contributed by atoms with E-state index in [1.165, 1.54) is 25.7 Å². The molecule has 1 N–H and O–H groups in total. The molecule has 0 aromatic rings. The lowest BCUT2D eigenvalue weighted by atomic mass is 9.82. The predicted octanol–water partition coefficient (Wildman–Crippen LogP) is 2.67. The molecule has 1 amide bonds. The van der Waals surface area contributed by atoms with Crippen LogP contribution in [-0.4, -0.2) is 35.0 Å². The summed E-state index contributed by atoms with van der Waals surface area (Å²) in [5.41, 5.74) is -0.749. The number of carboxylic acids is 1. The monoisotopic (exact) mass is 267 g/mol. The van der Waals surface area contributed by atoms with Gasteiger partial charge in [0, 0.05) is 19.5 Å². The van der Waals surface area contributed by atoms with Gasteiger partial charge in [-0.3, -0.25) is 9.59 Å². The van der Waals surface area contributed by atoms with Crippen LogP contribution in [0.2, 0.25) is 0 Å². The summed E-state index contributed by atoms with van der Waals surface area (Å²) in [5, 5.41) is 9.26. The molecule has 1 saturated carbocycles. The van der Waals surface area contributed by atoms with Gasteiger partial charge in [0.25, 0.3) is 0 Å². The molecule has 0 radical (unpaired) electrons. The fourth-order valence-corrected chi connectivity index (χ4v) is 3.41. The van der Waals surface area contributed by atoms with Crippen molar-refractivity contribution in [2.75, 3.05) is 13.1 Å². The van der Waals surface area contributed by atoms with Crippen LogP contribution in [0.15, 0.2) is 0 Å². The van der Waals surface area contributed by atoms with Gasteiger partial charge in [-0.25, -0.2) is 0 Å². The molecule has 0 bridgehead atoms. The summed E-state index contributed by atoms with van der Waals surface area (Å²) in [6.07, 6.45) is 8.20. The second kappa shape index (κ2) is 5.93. The molecule has 1 saturated heterocycles. The number of hydrogen-bond donors (Lipinski definition) is 1. The van der Waals surface area contributed by atoms with E-state index in [0.717, 1.165) is 25.3 Å². The SMILES string of the molecule is CC1(C(=O)O)CCCN(C(=O)CCC2CCCC2)C1. The van der Waals surface area contributed by atoms with Gasteiger partial charge < -0.3 is 10.0 Å². The smallest absolute Gasteiger partial charge is 0.311 e. The third kappa shape index (κ3) is 3.48. The third-order valence-electron chi connectivity index (χ3n) is 4.81. The van der Waals surface area contributed by atoms with Crippen LogP contribution in [0.5, 0.6) is 0 Å². The Kier molecular flexibility index (Phi) is 4.48. The number of carbonyl (C=O) groups excluding carboxylic acids is 1. The second-order valence-electron chi connectivity index (χ2n) is 6.47. The number of rotatable bonds is 4. The Morgan fingerprint density at radius 2 is 1.95 bits per heavy atom. The number of piperidine rings is 1. The van der Waals surface area contributed by atoms with E-state index in [1.807, 2.05) is 0 Å². The predicted molar refractivity (Wildman–Crippen MR) is 72.7 cm³/mol. The van der Waals surface area contributed by atoms with Gasteiger partial charge in [0.2, 0.25) is 5.91 Å². The van der Waals surface area contributed by atoms with Crippen LogP contribution in [0.4, 0.5) is 0 Å². The molecular formula is C15H25NO3. The summed E-state index contributed by atoms with van der Waals surface area (Å²) in [5.74, 6) is 0.0967. The molecule has 2 aliphatic rings. The summed E-state index contributed by atoms with van der Waals surface area (Å²) in [4.78, 5) is 25.2. The molecule has 1 heterocycles. The third-order valence-corrected chi connectivity index (χ3v) is 4.81. The lowest BCUT2D eigenvalue weighted by Gasteiger charge is -2.37. The highest BCUT2D eigenvalue weighted by Crippen LogP contribution is 2.32. The molecule has 1 atom stereocenters. The summed E-state index contributed by atoms with van der Waals surface area (Å²) >= 11 is 0. The summed E-state index contributed by atoms with van der Waals surface area (Å²) < 4.78 is 0. The molecule has 19 heavy (non-hydrogen) atoms. The van der Waals surface area contributed by atoms with Crippen molar-refractivity contribution in [1.82, 2.24) is 4.90 Å². The van der Waals surface area contributed by atoms with Crippen LogP contribution in [-0.2, 0) is 9.59 Å². The maximum atomic E-state index is 12.2. The minimum atomic E-state index is -0.777. The van der Waals surface area contributed by atoms with E-state index < -0.39 is 11.4 Å². The van der Waals surface area contributed by atoms with Gasteiger partial charge in [-0.05, 0) is 32.1 Å². The zero-order valence-corrected chi connectivity index (χ0v) is 11.9. The Bertz CT molecular complexity index is 349. The first-order valence-electron chi connectivity index (χ1n) is 7.52. The second-order valence-corrected chi connectivity index (χ2v) is 6.47. The first-order valence-corrected chi connectivity index (χ1v) is 7.52. The minimum absolute atomic E-state index is 0.152. The fourth-order valence-electron chi connectivity index (χ4n) is 3.41. The highest BCUT2D eigenvalue weighted by atomic mass is 16.4. The van der Waals surface area contributed by atoms with Crippen LogP contribution < -0.4 is 0 Å². The molecule has 2 fully saturated rings. The quantitative estimate of drug-likeness (QED) is 0.852. The number of hydrogen-bond acceptors (Lipinski definition) is 2. The van der Waals surface area contributed by atoms with Crippen molar-refractivity contribution < 1.29 is 14.7 Å². The fraction of sp³-hybridized carbons (Fsp3) is 0.867. The van der Waals surface area contributed by atoms with E-state index in [4.69, 9.17) is 0 Å². The lowest BCUT2D eigenvalue weighted by molar-refractivity contribution is -0.153. The van der Waals surface area contributed by atoms with Crippen molar-refractivity contribution >= 4 is 11.9 Å². The zero-order chi connectivity index (χ0) is 13.9. The van der Waals surface area contributed by atoms with E-state index in [0.29, 0.717) is 19.4 Å². The van der Waals surface area contributed by atoms with Gasteiger partial charge in [-0.1, -0.05) is 25.7 Å². The molecule has 108 valence electrons. The van der Waals surface area contributed by atoms with Gasteiger partial charge in [0.1, 0.15) is 0 Å². The van der Waals surface area contributed by atoms with Crippen molar-refractivity contribution in [3.63, 3.8) is 0 Å². The summed E-state index contributed by atoms with van der Waals surface area (Å²) in [6.45, 7) is 2.87. The van der Waals surface area contributed by atoms with E-state index in [1.54, 1.807) is 11.8 Å². The van der Waals surface area contributed by atoms with Crippen LogP contribution in [0.1, 0.15) is 58.3 Å². The number of carboxylic acid groups (broad SMARTS) is 1. The first kappa shape index (κ1) is 14.4. The van der Waals surface area contributed by atoms with E-state index in [-0.39, 0.29) is 5.91 Å². The number of nitrogens with zero attached hydrogens (tertiary/aromatic N) is 1. The van der Waals surface area contributed by atoms with Crippen molar-refractivity contribution in [3.05, 3.63) is 0 Å². The largest absolute Gasteiger partial charge is 0.481 e. The van der Waals surface area contributed by atoms with Crippen molar-refractivity contribution in [2.24, 2.45) is 11.3 Å². The van der Waals surface area contributed by atoms with Crippen LogP contribution in [0.25, 0.3) is 0 Å². The molecule has 0 aromatic heterocycles. The summed E-state index contributed by atoms with van der Waals surface area (Å²) in [7, 11) is 0. The van der Waals surface area contributed by atoms with Gasteiger partial charge >= 0.3 is 5.97 Å². The number of likely N-dealkylation sites (tertiary alicyclic amines) is 1. The number of amides is 1. The highest BCUT2D eigenvalue weighted by Gasteiger charge is 2.39. The van der Waals surface area contributed by atoms with Crippen molar-refractivity contribution in [3.8, 4) is 0 Å². The van der Waals surface area contributed by atoms with E-state index in [9.17, 15) is 14.7 Å². The van der Waals surface area contributed by atoms with Crippen LogP contribution in [0, 0.1) is 11.3 Å². The van der Waals surface area contributed by atoms with Crippen molar-refractivity contribution in [1.29, 1.82) is 0 Å². The van der Waals surface area contributed by atoms with Crippen LogP contribution in [0.3, 0.4) is 0 Å². The minimum Gasteiger partial charge on any atom is -0.481 e. The van der Waals surface area contributed by atoms with E-state index >= 15 is 0 Å². The highest BCUT2D eigenvalue weighted by molar-refractivity contribution is 5.79. The van der Waals surface area contributed by atoms with Gasteiger partial charge in [-0.15, -0.1) is 0 Å². The first-order chi connectivity index (χ1) is 9.01. The molecule has 0 aromatic carbocycles. The maximum Gasteiger partial charge on any atom is 0.311 e. The molecule has 1 aliphatic heterocycles. The Hall–Kier alpha value is -1.06. The Morgan fingerprint density at radius 1 is 1.26 bits per heavy atom. The van der Waals surface area contributed by atoms with Gasteiger partial charge in [0.05, 0.1) is 5.41 Å². The normalized spacial score (nSPS) is 28.6. The number of carbonyl (C=O) groups is 2. The van der Waals surface area contributed by atoms with Gasteiger partial charge in [0.15, 0.2) is 0 Å². The number of aliphatic carboxylic acids is 1. The zero-order valence-electron chi connectivity index (χ0n) is 11.9.